The van der Waals surface area contributed by atoms with Gasteiger partial charge in [-0.1, -0.05) is 24.3 Å². The van der Waals surface area contributed by atoms with Crippen LogP contribution < -0.4 is 14.4 Å². The molecule has 142 valence electrons. The van der Waals surface area contributed by atoms with Gasteiger partial charge in [0.1, 0.15) is 0 Å². The van der Waals surface area contributed by atoms with E-state index in [-0.39, 0.29) is 25.0 Å². The number of carbonyl (C=O) groups excluding carboxylic acids is 2. The first kappa shape index (κ1) is 18.8. The summed E-state index contributed by atoms with van der Waals surface area (Å²) < 4.78 is 15.6. The van der Waals surface area contributed by atoms with Crippen LogP contribution in [-0.2, 0) is 27.2 Å². The van der Waals surface area contributed by atoms with E-state index in [1.54, 1.807) is 30.2 Å². The summed E-state index contributed by atoms with van der Waals surface area (Å²) in [5.74, 6) is 0.455. The maximum absolute atomic E-state index is 12.6. The highest BCUT2D eigenvalue weighted by Gasteiger charge is 2.30. The van der Waals surface area contributed by atoms with Gasteiger partial charge in [0.15, 0.2) is 18.1 Å². The molecule has 1 heterocycles. The van der Waals surface area contributed by atoms with Gasteiger partial charge in [0.2, 0.25) is 0 Å². The second kappa shape index (κ2) is 8.12. The lowest BCUT2D eigenvalue weighted by Crippen LogP contribution is -2.38. The van der Waals surface area contributed by atoms with Crippen molar-refractivity contribution in [2.75, 3.05) is 25.7 Å². The SMILES string of the molecule is COc1ccc(CC(=O)OCC(=O)N2c3ccccc3CC2C)cc1OC. The van der Waals surface area contributed by atoms with Crippen molar-refractivity contribution < 1.29 is 23.8 Å². The van der Waals surface area contributed by atoms with Crippen molar-refractivity contribution >= 4 is 17.6 Å². The van der Waals surface area contributed by atoms with Gasteiger partial charge in [-0.15, -0.1) is 0 Å². The van der Waals surface area contributed by atoms with E-state index >= 15 is 0 Å². The average Bonchev–Trinajstić information content (AvgIpc) is 3.01. The highest BCUT2D eigenvalue weighted by atomic mass is 16.5. The number of methoxy groups -OCH3 is 2. The van der Waals surface area contributed by atoms with Crippen LogP contribution in [0.3, 0.4) is 0 Å². The van der Waals surface area contributed by atoms with Gasteiger partial charge >= 0.3 is 5.97 Å². The lowest BCUT2D eigenvalue weighted by Gasteiger charge is -2.22. The average molecular weight is 369 g/mol. The molecule has 1 amide bonds. The van der Waals surface area contributed by atoms with Crippen molar-refractivity contribution in [1.82, 2.24) is 0 Å². The summed E-state index contributed by atoms with van der Waals surface area (Å²) in [7, 11) is 3.09. The predicted octanol–water partition coefficient (Wildman–Crippen LogP) is 2.77. The van der Waals surface area contributed by atoms with Crippen molar-refractivity contribution in [2.24, 2.45) is 0 Å². The molecule has 0 saturated heterocycles. The Morgan fingerprint density at radius 1 is 1.07 bits per heavy atom. The standard InChI is InChI=1S/C21H23NO5/c1-14-10-16-6-4-5-7-17(16)22(14)20(23)13-27-21(24)12-15-8-9-18(25-2)19(11-15)26-3/h4-9,11,14H,10,12-13H2,1-3H3. The molecule has 0 aliphatic carbocycles. The summed E-state index contributed by atoms with van der Waals surface area (Å²) in [5.41, 5.74) is 2.76. The first-order valence-electron chi connectivity index (χ1n) is 8.80. The molecule has 0 saturated carbocycles. The molecular formula is C21H23NO5. The summed E-state index contributed by atoms with van der Waals surface area (Å²) >= 11 is 0. The normalized spacial score (nSPS) is 15.2. The van der Waals surface area contributed by atoms with Crippen LogP contribution in [0.25, 0.3) is 0 Å². The van der Waals surface area contributed by atoms with Crippen molar-refractivity contribution in [3.63, 3.8) is 0 Å². The third-order valence-electron chi connectivity index (χ3n) is 4.63. The number of carbonyl (C=O) groups is 2. The highest BCUT2D eigenvalue weighted by molar-refractivity contribution is 5.97. The molecule has 1 aliphatic heterocycles. The molecule has 1 aliphatic rings. The van der Waals surface area contributed by atoms with Gasteiger partial charge in [-0.05, 0) is 42.7 Å². The van der Waals surface area contributed by atoms with Crippen LogP contribution >= 0.6 is 0 Å². The fourth-order valence-electron chi connectivity index (χ4n) is 3.37. The van der Waals surface area contributed by atoms with Crippen LogP contribution in [0.1, 0.15) is 18.1 Å². The van der Waals surface area contributed by atoms with Gasteiger partial charge in [-0.3, -0.25) is 9.59 Å². The van der Waals surface area contributed by atoms with Crippen molar-refractivity contribution in [3.05, 3.63) is 53.6 Å². The zero-order valence-electron chi connectivity index (χ0n) is 15.7. The van der Waals surface area contributed by atoms with Gasteiger partial charge in [0, 0.05) is 11.7 Å². The monoisotopic (exact) mass is 369 g/mol. The number of hydrogen-bond acceptors (Lipinski definition) is 5. The van der Waals surface area contributed by atoms with Gasteiger partial charge < -0.3 is 19.1 Å². The second-order valence-corrected chi connectivity index (χ2v) is 6.47. The maximum Gasteiger partial charge on any atom is 0.310 e. The zero-order valence-corrected chi connectivity index (χ0v) is 15.7. The van der Waals surface area contributed by atoms with Gasteiger partial charge in [0.05, 0.1) is 20.6 Å². The molecule has 0 N–H and O–H groups in total. The van der Waals surface area contributed by atoms with E-state index in [1.165, 1.54) is 7.11 Å². The van der Waals surface area contributed by atoms with Gasteiger partial charge in [0.25, 0.3) is 5.91 Å². The van der Waals surface area contributed by atoms with E-state index in [9.17, 15) is 9.59 Å². The van der Waals surface area contributed by atoms with Crippen LogP contribution in [-0.4, -0.2) is 38.7 Å². The Bertz CT molecular complexity index is 848. The Kier molecular flexibility index (Phi) is 5.64. The summed E-state index contributed by atoms with van der Waals surface area (Å²) in [4.78, 5) is 26.4. The second-order valence-electron chi connectivity index (χ2n) is 6.47. The molecule has 27 heavy (non-hydrogen) atoms. The molecule has 0 spiro atoms. The third kappa shape index (κ3) is 4.05. The largest absolute Gasteiger partial charge is 0.493 e. The Hall–Kier alpha value is -3.02. The number of esters is 1. The molecule has 0 aromatic heterocycles. The summed E-state index contributed by atoms with van der Waals surface area (Å²) in [6.45, 7) is 1.72. The van der Waals surface area contributed by atoms with Crippen molar-refractivity contribution in [2.45, 2.75) is 25.8 Å². The number of fused-ring (bicyclic) bond motifs is 1. The molecule has 2 aromatic rings. The van der Waals surface area contributed by atoms with Crippen LogP contribution in [0.2, 0.25) is 0 Å². The van der Waals surface area contributed by atoms with E-state index in [1.807, 2.05) is 31.2 Å². The van der Waals surface area contributed by atoms with Crippen molar-refractivity contribution in [1.29, 1.82) is 0 Å². The molecule has 1 unspecified atom stereocenters. The van der Waals surface area contributed by atoms with Crippen molar-refractivity contribution in [3.8, 4) is 11.5 Å². The predicted molar refractivity (Wildman–Crippen MR) is 101 cm³/mol. The first-order chi connectivity index (χ1) is 13.0. The molecular weight excluding hydrogens is 346 g/mol. The van der Waals surface area contributed by atoms with E-state index in [2.05, 4.69) is 0 Å². The van der Waals surface area contributed by atoms with Crippen LogP contribution in [0.5, 0.6) is 11.5 Å². The zero-order chi connectivity index (χ0) is 19.4. The number of amides is 1. The van der Waals surface area contributed by atoms with E-state index < -0.39 is 5.97 Å². The molecule has 6 nitrogen and oxygen atoms in total. The number of rotatable bonds is 6. The number of ether oxygens (including phenoxy) is 3. The molecule has 3 rings (SSSR count). The number of hydrogen-bond donors (Lipinski definition) is 0. The third-order valence-corrected chi connectivity index (χ3v) is 4.63. The first-order valence-corrected chi connectivity index (χ1v) is 8.80. The molecule has 0 radical (unpaired) electrons. The molecule has 0 bridgehead atoms. The molecule has 1 atom stereocenters. The van der Waals surface area contributed by atoms with E-state index in [0.717, 1.165) is 23.2 Å². The Morgan fingerprint density at radius 3 is 2.56 bits per heavy atom. The quantitative estimate of drug-likeness (QED) is 0.733. The number of nitrogens with zero attached hydrogens (tertiary/aromatic N) is 1. The molecule has 2 aromatic carbocycles. The van der Waals surface area contributed by atoms with Crippen LogP contribution in [0, 0.1) is 0 Å². The number of anilines is 1. The maximum atomic E-state index is 12.6. The minimum absolute atomic E-state index is 0.0550. The van der Waals surface area contributed by atoms with Gasteiger partial charge in [-0.2, -0.15) is 0 Å². The van der Waals surface area contributed by atoms with E-state index in [4.69, 9.17) is 14.2 Å². The Balaban J connectivity index is 1.59. The fraction of sp³-hybridized carbons (Fsp3) is 0.333. The topological polar surface area (TPSA) is 65.1 Å². The highest BCUT2D eigenvalue weighted by Crippen LogP contribution is 2.32. The lowest BCUT2D eigenvalue weighted by molar-refractivity contribution is -0.147. The fourth-order valence-corrected chi connectivity index (χ4v) is 3.37. The summed E-state index contributed by atoms with van der Waals surface area (Å²) in [6, 6.07) is 13.1. The summed E-state index contributed by atoms with van der Waals surface area (Å²) in [5, 5.41) is 0. The molecule has 0 fully saturated rings. The molecule has 6 heteroatoms. The van der Waals surface area contributed by atoms with Crippen LogP contribution in [0.15, 0.2) is 42.5 Å². The lowest BCUT2D eigenvalue weighted by atomic mass is 10.1. The number of benzene rings is 2. The van der Waals surface area contributed by atoms with Crippen LogP contribution in [0.4, 0.5) is 5.69 Å². The Morgan fingerprint density at radius 2 is 1.81 bits per heavy atom. The summed E-state index contributed by atoms with van der Waals surface area (Å²) in [6.07, 6.45) is 0.862. The van der Waals surface area contributed by atoms with Gasteiger partial charge in [-0.25, -0.2) is 0 Å². The minimum Gasteiger partial charge on any atom is -0.493 e. The minimum atomic E-state index is -0.462. The number of para-hydroxylation sites is 1. The smallest absolute Gasteiger partial charge is 0.310 e. The Labute approximate surface area is 158 Å². The van der Waals surface area contributed by atoms with E-state index in [0.29, 0.717) is 11.5 Å².